The number of nitrogens with one attached hydrogen (secondary N) is 1. The topological polar surface area (TPSA) is 74.1 Å². The maximum Gasteiger partial charge on any atom is 0.209 e. The lowest BCUT2D eigenvalue weighted by Crippen LogP contribution is -3.00. The van der Waals surface area contributed by atoms with Gasteiger partial charge in [0.2, 0.25) is 5.16 Å². The number of aryl methyl sites for hydroxylation is 1. The molecule has 0 amide bonds. The van der Waals surface area contributed by atoms with Crippen molar-refractivity contribution in [3.05, 3.63) is 23.8 Å². The van der Waals surface area contributed by atoms with E-state index in [0.717, 1.165) is 47.5 Å². The number of rotatable bonds is 10. The first-order valence-corrected chi connectivity index (χ1v) is 8.59. The van der Waals surface area contributed by atoms with Crippen LogP contribution < -0.4 is 27.2 Å². The monoisotopic (exact) mass is 372 g/mol. The van der Waals surface area contributed by atoms with Crippen LogP contribution in [0.3, 0.4) is 0 Å². The van der Waals surface area contributed by atoms with Crippen LogP contribution in [0.5, 0.6) is 11.5 Å². The first-order chi connectivity index (χ1) is 11.3. The van der Waals surface area contributed by atoms with Gasteiger partial charge in [0.05, 0.1) is 13.7 Å². The van der Waals surface area contributed by atoms with Crippen LogP contribution in [0.25, 0.3) is 0 Å². The van der Waals surface area contributed by atoms with Gasteiger partial charge in [-0.2, -0.15) is 0 Å². The van der Waals surface area contributed by atoms with Gasteiger partial charge < -0.3 is 27.2 Å². The van der Waals surface area contributed by atoms with E-state index in [1.54, 1.807) is 23.6 Å². The van der Waals surface area contributed by atoms with Crippen molar-refractivity contribution in [2.24, 2.45) is 7.05 Å². The van der Waals surface area contributed by atoms with E-state index in [4.69, 9.17) is 9.47 Å². The van der Waals surface area contributed by atoms with Gasteiger partial charge in [0.15, 0.2) is 11.5 Å². The molecule has 0 saturated carbocycles. The molecule has 1 N–H and O–H groups in total. The Balaban J connectivity index is 0.00000288. The van der Waals surface area contributed by atoms with E-state index in [1.165, 1.54) is 0 Å². The number of hydrogen-bond donors (Lipinski definition) is 1. The van der Waals surface area contributed by atoms with Gasteiger partial charge >= 0.3 is 0 Å². The predicted octanol–water partition coefficient (Wildman–Crippen LogP) is -1.11. The molecule has 0 unspecified atom stereocenters. The number of halogens is 1. The minimum Gasteiger partial charge on any atom is -1.00 e. The van der Waals surface area contributed by atoms with Gasteiger partial charge in [-0.3, -0.25) is 0 Å². The van der Waals surface area contributed by atoms with Crippen molar-refractivity contribution in [1.29, 1.82) is 0 Å². The van der Waals surface area contributed by atoms with Gasteiger partial charge in [0.25, 0.3) is 0 Å². The van der Waals surface area contributed by atoms with E-state index in [0.29, 0.717) is 6.61 Å². The number of aromatic nitrogens is 4. The summed E-state index contributed by atoms with van der Waals surface area (Å²) in [4.78, 5) is 0. The highest BCUT2D eigenvalue weighted by molar-refractivity contribution is 7.99. The standard InChI is InChI=1S/C15H23N5O2S.ClH/c1-4-22-14-12(7-5-8-13(14)21-3)11-16-9-6-10-23-15-17-18-19-20(15)2;/h5,7-8,16H,4,6,9-11H2,1-3H3;1H/p-1. The fraction of sp³-hybridized carbons (Fsp3) is 0.533. The lowest BCUT2D eigenvalue weighted by molar-refractivity contribution is -0.00000572. The summed E-state index contributed by atoms with van der Waals surface area (Å²) in [7, 11) is 3.51. The fourth-order valence-corrected chi connectivity index (χ4v) is 2.89. The highest BCUT2D eigenvalue weighted by Gasteiger charge is 2.09. The summed E-state index contributed by atoms with van der Waals surface area (Å²) in [6.07, 6.45) is 1.03. The van der Waals surface area contributed by atoms with Gasteiger partial charge in [-0.05, 0) is 36.4 Å². The average Bonchev–Trinajstić information content (AvgIpc) is 2.97. The summed E-state index contributed by atoms with van der Waals surface area (Å²) in [5, 5.41) is 15.7. The van der Waals surface area contributed by atoms with E-state index in [9.17, 15) is 0 Å². The van der Waals surface area contributed by atoms with E-state index in [2.05, 4.69) is 26.9 Å². The van der Waals surface area contributed by atoms with Crippen molar-refractivity contribution in [3.63, 3.8) is 0 Å². The second-order valence-corrected chi connectivity index (χ2v) is 5.91. The largest absolute Gasteiger partial charge is 1.00 e. The van der Waals surface area contributed by atoms with Gasteiger partial charge in [-0.1, -0.05) is 23.9 Å². The number of nitrogens with zero attached hydrogens (tertiary/aromatic N) is 4. The second-order valence-electron chi connectivity index (χ2n) is 4.85. The van der Waals surface area contributed by atoms with Crippen LogP contribution in [0.15, 0.2) is 23.4 Å². The normalized spacial score (nSPS) is 10.3. The molecule has 1 aromatic carbocycles. The SMILES string of the molecule is CCOc1c(CNCCCSc2nnnn2C)cccc1OC.[Cl-]. The third-order valence-electron chi connectivity index (χ3n) is 3.19. The molecule has 0 fully saturated rings. The summed E-state index contributed by atoms with van der Waals surface area (Å²) in [6.45, 7) is 4.27. The fourth-order valence-electron chi connectivity index (χ4n) is 2.10. The molecule has 1 heterocycles. The quantitative estimate of drug-likeness (QED) is 0.419. The minimum atomic E-state index is 0. The molecule has 0 aliphatic heterocycles. The van der Waals surface area contributed by atoms with E-state index < -0.39 is 0 Å². The molecule has 0 spiro atoms. The second kappa shape index (κ2) is 11.1. The van der Waals surface area contributed by atoms with Crippen LogP contribution in [0.1, 0.15) is 18.9 Å². The highest BCUT2D eigenvalue weighted by atomic mass is 35.5. The Morgan fingerprint density at radius 2 is 2.17 bits per heavy atom. The average molecular weight is 373 g/mol. The van der Waals surface area contributed by atoms with Gasteiger partial charge in [0.1, 0.15) is 0 Å². The molecule has 0 radical (unpaired) electrons. The van der Waals surface area contributed by atoms with Crippen molar-refractivity contribution in [2.45, 2.75) is 25.0 Å². The van der Waals surface area contributed by atoms with Crippen molar-refractivity contribution < 1.29 is 21.9 Å². The van der Waals surface area contributed by atoms with E-state index in [-0.39, 0.29) is 12.4 Å². The Kier molecular flexibility index (Phi) is 9.51. The molecule has 0 aliphatic rings. The summed E-state index contributed by atoms with van der Waals surface area (Å²) in [6, 6.07) is 5.95. The summed E-state index contributed by atoms with van der Waals surface area (Å²) >= 11 is 1.66. The Labute approximate surface area is 152 Å². The molecule has 0 saturated heterocycles. The zero-order chi connectivity index (χ0) is 16.5. The highest BCUT2D eigenvalue weighted by Crippen LogP contribution is 2.30. The number of benzene rings is 1. The Morgan fingerprint density at radius 3 is 2.83 bits per heavy atom. The molecular formula is C15H23ClN5O2S-. The predicted molar refractivity (Wildman–Crippen MR) is 90.0 cm³/mol. The Morgan fingerprint density at radius 1 is 1.33 bits per heavy atom. The van der Waals surface area contributed by atoms with Gasteiger partial charge in [-0.25, -0.2) is 4.68 Å². The molecule has 7 nitrogen and oxygen atoms in total. The lowest BCUT2D eigenvalue weighted by atomic mass is 10.2. The Bertz CT molecular complexity index is 611. The third-order valence-corrected chi connectivity index (χ3v) is 4.29. The van der Waals surface area contributed by atoms with Gasteiger partial charge in [0, 0.05) is 24.9 Å². The van der Waals surface area contributed by atoms with Crippen LogP contribution in [0.4, 0.5) is 0 Å². The summed E-state index contributed by atoms with van der Waals surface area (Å²) in [5.74, 6) is 2.57. The maximum atomic E-state index is 5.71. The summed E-state index contributed by atoms with van der Waals surface area (Å²) < 4.78 is 12.7. The van der Waals surface area contributed by atoms with Crippen molar-refractivity contribution in [2.75, 3.05) is 26.0 Å². The van der Waals surface area contributed by atoms with E-state index >= 15 is 0 Å². The maximum absolute atomic E-state index is 5.71. The van der Waals surface area contributed by atoms with Crippen molar-refractivity contribution in [1.82, 2.24) is 25.5 Å². The first-order valence-electron chi connectivity index (χ1n) is 7.60. The molecule has 134 valence electrons. The van der Waals surface area contributed by atoms with Crippen molar-refractivity contribution >= 4 is 11.8 Å². The minimum absolute atomic E-state index is 0. The first kappa shape index (κ1) is 20.5. The smallest absolute Gasteiger partial charge is 0.209 e. The summed E-state index contributed by atoms with van der Waals surface area (Å²) in [5.41, 5.74) is 1.11. The van der Waals surface area contributed by atoms with Crippen LogP contribution in [0.2, 0.25) is 0 Å². The molecule has 1 aromatic heterocycles. The zero-order valence-corrected chi connectivity index (χ0v) is 15.7. The van der Waals surface area contributed by atoms with Crippen LogP contribution >= 0.6 is 11.8 Å². The number of para-hydroxylation sites is 1. The molecule has 0 bridgehead atoms. The van der Waals surface area contributed by atoms with Crippen LogP contribution in [-0.2, 0) is 13.6 Å². The molecule has 24 heavy (non-hydrogen) atoms. The molecule has 0 aliphatic carbocycles. The van der Waals surface area contributed by atoms with E-state index in [1.807, 2.05) is 26.1 Å². The molecule has 2 rings (SSSR count). The van der Waals surface area contributed by atoms with Gasteiger partial charge in [-0.15, -0.1) is 5.10 Å². The zero-order valence-electron chi connectivity index (χ0n) is 14.2. The number of methoxy groups -OCH3 is 1. The number of hydrogen-bond acceptors (Lipinski definition) is 7. The molecule has 0 atom stereocenters. The third kappa shape index (κ3) is 5.85. The van der Waals surface area contributed by atoms with Crippen LogP contribution in [-0.4, -0.2) is 46.2 Å². The lowest BCUT2D eigenvalue weighted by Gasteiger charge is -2.14. The number of thioether (sulfide) groups is 1. The molecular weight excluding hydrogens is 350 g/mol. The molecule has 9 heteroatoms. The van der Waals surface area contributed by atoms with Crippen LogP contribution in [0, 0.1) is 0 Å². The molecule has 2 aromatic rings. The Hall–Kier alpha value is -1.51. The number of tetrazole rings is 1. The number of ether oxygens (including phenoxy) is 2. The van der Waals surface area contributed by atoms with Crippen molar-refractivity contribution in [3.8, 4) is 11.5 Å².